The lowest BCUT2D eigenvalue weighted by atomic mass is 9.79. The fourth-order valence-electron chi connectivity index (χ4n) is 2.71. The van der Waals surface area contributed by atoms with E-state index in [0.717, 1.165) is 18.5 Å². The van der Waals surface area contributed by atoms with E-state index in [4.69, 9.17) is 10.5 Å². The van der Waals surface area contributed by atoms with Crippen LogP contribution in [0.3, 0.4) is 0 Å². The Balaban J connectivity index is 2.27. The minimum atomic E-state index is -0.312. The minimum Gasteiger partial charge on any atom is -0.494 e. The van der Waals surface area contributed by atoms with E-state index in [2.05, 4.69) is 12.2 Å². The molecule has 1 heterocycles. The zero-order chi connectivity index (χ0) is 13.1. The number of halogens is 1. The summed E-state index contributed by atoms with van der Waals surface area (Å²) in [6.07, 6.45) is 1.02. The lowest BCUT2D eigenvalue weighted by molar-refractivity contribution is 0.284. The summed E-state index contributed by atoms with van der Waals surface area (Å²) >= 11 is 0. The van der Waals surface area contributed by atoms with Crippen LogP contribution in [-0.4, -0.2) is 26.2 Å². The number of rotatable bonds is 3. The Morgan fingerprint density at radius 1 is 1.50 bits per heavy atom. The third-order valence-corrected chi connectivity index (χ3v) is 3.81. The molecule has 0 radical (unpaired) electrons. The van der Waals surface area contributed by atoms with Crippen LogP contribution in [0.15, 0.2) is 18.2 Å². The first-order valence-electron chi connectivity index (χ1n) is 6.42. The van der Waals surface area contributed by atoms with Crippen LogP contribution in [0.5, 0.6) is 5.75 Å². The van der Waals surface area contributed by atoms with Crippen LogP contribution in [0, 0.1) is 11.7 Å². The molecule has 1 saturated heterocycles. The van der Waals surface area contributed by atoms with Gasteiger partial charge in [-0.3, -0.25) is 0 Å². The van der Waals surface area contributed by atoms with Gasteiger partial charge in [0.25, 0.3) is 0 Å². The Kier molecular flexibility index (Phi) is 4.19. The normalized spacial score (nSPS) is 28.1. The van der Waals surface area contributed by atoms with Crippen molar-refractivity contribution >= 4 is 0 Å². The monoisotopic (exact) mass is 252 g/mol. The Morgan fingerprint density at radius 3 is 2.94 bits per heavy atom. The molecule has 1 aliphatic rings. The van der Waals surface area contributed by atoms with E-state index in [9.17, 15) is 4.39 Å². The number of piperidine rings is 1. The molecule has 3 nitrogen and oxygen atoms in total. The van der Waals surface area contributed by atoms with Gasteiger partial charge in [-0.2, -0.15) is 0 Å². The van der Waals surface area contributed by atoms with Gasteiger partial charge in [0, 0.05) is 6.04 Å². The first-order valence-corrected chi connectivity index (χ1v) is 6.42. The molecule has 0 bridgehead atoms. The third kappa shape index (κ3) is 2.65. The highest BCUT2D eigenvalue weighted by molar-refractivity contribution is 5.33. The van der Waals surface area contributed by atoms with E-state index in [1.807, 2.05) is 6.07 Å². The molecule has 3 N–H and O–H groups in total. The lowest BCUT2D eigenvalue weighted by Crippen LogP contribution is -2.44. The highest BCUT2D eigenvalue weighted by Gasteiger charge is 2.29. The highest BCUT2D eigenvalue weighted by Crippen LogP contribution is 2.34. The summed E-state index contributed by atoms with van der Waals surface area (Å²) in [6, 6.07) is 5.60. The molecular formula is C14H21FN2O. The van der Waals surface area contributed by atoms with E-state index >= 15 is 0 Å². The van der Waals surface area contributed by atoms with Gasteiger partial charge in [-0.15, -0.1) is 0 Å². The summed E-state index contributed by atoms with van der Waals surface area (Å²) in [5.41, 5.74) is 6.95. The van der Waals surface area contributed by atoms with E-state index in [1.54, 1.807) is 6.07 Å². The van der Waals surface area contributed by atoms with Gasteiger partial charge in [0.1, 0.15) is 0 Å². The Hall–Kier alpha value is -1.13. The van der Waals surface area contributed by atoms with E-state index < -0.39 is 0 Å². The molecule has 0 spiro atoms. The van der Waals surface area contributed by atoms with E-state index in [-0.39, 0.29) is 5.82 Å². The largest absolute Gasteiger partial charge is 0.494 e. The van der Waals surface area contributed by atoms with Gasteiger partial charge in [-0.05, 0) is 56.0 Å². The molecule has 2 rings (SSSR count). The first-order chi connectivity index (χ1) is 8.65. The van der Waals surface area contributed by atoms with E-state index in [1.165, 1.54) is 13.2 Å². The lowest BCUT2D eigenvalue weighted by Gasteiger charge is -2.35. The van der Waals surface area contributed by atoms with Crippen molar-refractivity contribution in [2.24, 2.45) is 11.7 Å². The van der Waals surface area contributed by atoms with Crippen molar-refractivity contribution in [1.29, 1.82) is 0 Å². The van der Waals surface area contributed by atoms with Gasteiger partial charge in [0.15, 0.2) is 11.6 Å². The Bertz CT molecular complexity index is 411. The second-order valence-corrected chi connectivity index (χ2v) is 5.04. The average molecular weight is 252 g/mol. The number of nitrogens with one attached hydrogen (secondary N) is 1. The summed E-state index contributed by atoms with van der Waals surface area (Å²) in [7, 11) is 1.49. The number of methoxy groups -OCH3 is 1. The molecule has 1 aliphatic heterocycles. The molecular weight excluding hydrogens is 231 g/mol. The molecule has 100 valence electrons. The van der Waals surface area contributed by atoms with Crippen molar-refractivity contribution in [3.63, 3.8) is 0 Å². The van der Waals surface area contributed by atoms with Crippen molar-refractivity contribution in [2.75, 3.05) is 20.2 Å². The smallest absolute Gasteiger partial charge is 0.165 e. The van der Waals surface area contributed by atoms with Gasteiger partial charge in [0.05, 0.1) is 7.11 Å². The van der Waals surface area contributed by atoms with Gasteiger partial charge in [-0.1, -0.05) is 6.07 Å². The molecule has 1 aromatic rings. The zero-order valence-electron chi connectivity index (χ0n) is 10.9. The van der Waals surface area contributed by atoms with Crippen molar-refractivity contribution in [3.8, 4) is 5.75 Å². The summed E-state index contributed by atoms with van der Waals surface area (Å²) in [6.45, 7) is 3.73. The molecule has 0 aliphatic carbocycles. The van der Waals surface area contributed by atoms with Crippen molar-refractivity contribution < 1.29 is 9.13 Å². The molecule has 1 aromatic carbocycles. The van der Waals surface area contributed by atoms with Crippen LogP contribution in [0.2, 0.25) is 0 Å². The van der Waals surface area contributed by atoms with Crippen LogP contribution in [0.25, 0.3) is 0 Å². The molecule has 3 atom stereocenters. The molecule has 3 unspecified atom stereocenters. The first kappa shape index (κ1) is 13.3. The third-order valence-electron chi connectivity index (χ3n) is 3.81. The second-order valence-electron chi connectivity index (χ2n) is 5.04. The molecule has 18 heavy (non-hydrogen) atoms. The second kappa shape index (κ2) is 5.67. The number of nitrogens with two attached hydrogens (primary N) is 1. The molecule has 0 saturated carbocycles. The standard InChI is InChI=1S/C14H21FN2O/c1-9-5-12(11(7-16)8-17-9)10-3-4-13(15)14(6-10)18-2/h3-4,6,9,11-12,17H,5,7-8,16H2,1-2H3. The predicted molar refractivity (Wildman–Crippen MR) is 70.3 cm³/mol. The number of hydrogen-bond acceptors (Lipinski definition) is 3. The van der Waals surface area contributed by atoms with E-state index in [0.29, 0.717) is 30.2 Å². The van der Waals surface area contributed by atoms with Gasteiger partial charge < -0.3 is 15.8 Å². The van der Waals surface area contributed by atoms with Crippen molar-refractivity contribution in [3.05, 3.63) is 29.6 Å². The summed E-state index contributed by atoms with van der Waals surface area (Å²) in [4.78, 5) is 0. The minimum absolute atomic E-state index is 0.312. The number of benzene rings is 1. The molecule has 0 amide bonds. The maximum atomic E-state index is 13.4. The molecule has 4 heteroatoms. The zero-order valence-corrected chi connectivity index (χ0v) is 10.9. The Labute approximate surface area is 108 Å². The number of ether oxygens (including phenoxy) is 1. The van der Waals surface area contributed by atoms with Crippen LogP contribution in [0.4, 0.5) is 4.39 Å². The average Bonchev–Trinajstić information content (AvgIpc) is 2.39. The predicted octanol–water partition coefficient (Wildman–Crippen LogP) is 1.87. The fourth-order valence-corrected chi connectivity index (χ4v) is 2.71. The summed E-state index contributed by atoms with van der Waals surface area (Å²) in [5.74, 6) is 0.777. The van der Waals surface area contributed by atoms with Gasteiger partial charge in [-0.25, -0.2) is 4.39 Å². The molecule has 0 aromatic heterocycles. The molecule has 1 fully saturated rings. The summed E-state index contributed by atoms with van der Waals surface area (Å²) in [5, 5.41) is 3.44. The quantitative estimate of drug-likeness (QED) is 0.863. The fraction of sp³-hybridized carbons (Fsp3) is 0.571. The van der Waals surface area contributed by atoms with Gasteiger partial charge >= 0.3 is 0 Å². The van der Waals surface area contributed by atoms with Crippen molar-refractivity contribution in [1.82, 2.24) is 5.32 Å². The van der Waals surface area contributed by atoms with Crippen molar-refractivity contribution in [2.45, 2.75) is 25.3 Å². The van der Waals surface area contributed by atoms with Gasteiger partial charge in [0.2, 0.25) is 0 Å². The highest BCUT2D eigenvalue weighted by atomic mass is 19.1. The van der Waals surface area contributed by atoms with Crippen LogP contribution < -0.4 is 15.8 Å². The Morgan fingerprint density at radius 2 is 2.28 bits per heavy atom. The van der Waals surface area contributed by atoms with Crippen LogP contribution in [0.1, 0.15) is 24.8 Å². The summed E-state index contributed by atoms with van der Waals surface area (Å²) < 4.78 is 18.5. The van der Waals surface area contributed by atoms with Crippen LogP contribution >= 0.6 is 0 Å². The number of hydrogen-bond donors (Lipinski definition) is 2. The van der Waals surface area contributed by atoms with Crippen LogP contribution in [-0.2, 0) is 0 Å². The maximum Gasteiger partial charge on any atom is 0.165 e. The topological polar surface area (TPSA) is 47.3 Å². The maximum absolute atomic E-state index is 13.4. The SMILES string of the molecule is COc1cc(C2CC(C)NCC2CN)ccc1F.